The fourth-order valence-corrected chi connectivity index (χ4v) is 5.56. The van der Waals surface area contributed by atoms with E-state index >= 15 is 0 Å². The molecule has 2 aromatic rings. The molecule has 8 nitrogen and oxygen atoms in total. The molecule has 1 aliphatic carbocycles. The Morgan fingerprint density at radius 2 is 2.00 bits per heavy atom. The van der Waals surface area contributed by atoms with Gasteiger partial charge in [0.15, 0.2) is 0 Å². The van der Waals surface area contributed by atoms with Crippen molar-refractivity contribution in [3.05, 3.63) is 63.0 Å². The first-order chi connectivity index (χ1) is 16.7. The van der Waals surface area contributed by atoms with Gasteiger partial charge in [0.2, 0.25) is 6.41 Å². The van der Waals surface area contributed by atoms with Gasteiger partial charge < -0.3 is 21.1 Å². The van der Waals surface area contributed by atoms with Gasteiger partial charge in [0, 0.05) is 36.1 Å². The second kappa shape index (κ2) is 11.2. The molecule has 1 atom stereocenters. The summed E-state index contributed by atoms with van der Waals surface area (Å²) in [6.07, 6.45) is 6.41. The fraction of sp³-hybridized carbons (Fsp3) is 0.440. The molecule has 35 heavy (non-hydrogen) atoms. The SMILES string of the molecule is Cc1c(Cl)ccc(C(O)C2CC3(C2)CN(CCCc2cc(=N)n(C=N)cc2F)C3)c1C=N.NC=O. The third-order valence-electron chi connectivity index (χ3n) is 7.11. The first-order valence-corrected chi connectivity index (χ1v) is 11.9. The van der Waals surface area contributed by atoms with Crippen LogP contribution in [0, 0.1) is 40.3 Å². The molecule has 0 bridgehead atoms. The van der Waals surface area contributed by atoms with Crippen molar-refractivity contribution in [2.24, 2.45) is 17.1 Å². The maximum atomic E-state index is 14.1. The van der Waals surface area contributed by atoms with Crippen LogP contribution in [0.15, 0.2) is 24.4 Å². The number of hydrogen-bond donors (Lipinski definition) is 5. The van der Waals surface area contributed by atoms with Gasteiger partial charge >= 0.3 is 0 Å². The number of pyridine rings is 1. The zero-order valence-electron chi connectivity index (χ0n) is 19.7. The largest absolute Gasteiger partial charge is 0.388 e. The Morgan fingerprint density at radius 3 is 2.60 bits per heavy atom. The lowest BCUT2D eigenvalue weighted by atomic mass is 9.55. The number of carbonyl (C=O) groups excluding carboxylic acids is 1. The topological polar surface area (TPSA) is 143 Å². The first-order valence-electron chi connectivity index (χ1n) is 11.5. The van der Waals surface area contributed by atoms with Crippen LogP contribution in [-0.2, 0) is 11.2 Å². The molecule has 4 rings (SSSR count). The highest BCUT2D eigenvalue weighted by Crippen LogP contribution is 2.56. The second-order valence-corrected chi connectivity index (χ2v) is 9.86. The molecule has 0 radical (unpaired) electrons. The number of hydrogen-bond acceptors (Lipinski definition) is 6. The number of aliphatic hydroxyl groups excluding tert-OH is 1. The smallest absolute Gasteiger partial charge is 0.204 e. The van der Waals surface area contributed by atoms with Crippen molar-refractivity contribution >= 4 is 30.6 Å². The van der Waals surface area contributed by atoms with E-state index in [1.54, 1.807) is 6.07 Å². The standard InChI is InChI=1S/C24H29ClFN5O.CH3NO/c1-15-19(10-27)18(4-5-20(15)25)23(32)17-8-24(9-17)12-30(13-24)6-2-3-16-7-22(29)31(14-28)11-21(16)26;2-1-3/h4-5,7,10-11,14,17,23,27-29,32H,2-3,6,8-9,12-13H2,1H3;1H,(H2,2,3). The molecule has 188 valence electrons. The number of nitrogens with zero attached hydrogens (tertiary/aromatic N) is 2. The number of carbonyl (C=O) groups is 1. The van der Waals surface area contributed by atoms with E-state index in [0.29, 0.717) is 17.0 Å². The van der Waals surface area contributed by atoms with E-state index in [1.807, 2.05) is 13.0 Å². The summed E-state index contributed by atoms with van der Waals surface area (Å²) < 4.78 is 15.3. The quantitative estimate of drug-likeness (QED) is 0.215. The van der Waals surface area contributed by atoms with Gasteiger partial charge in [-0.05, 0) is 79.3 Å². The summed E-state index contributed by atoms with van der Waals surface area (Å²) in [6.45, 7) is 4.77. The highest BCUT2D eigenvalue weighted by Gasteiger charge is 2.53. The summed E-state index contributed by atoms with van der Waals surface area (Å²) in [4.78, 5) is 11.0. The Balaban J connectivity index is 0.00000108. The van der Waals surface area contributed by atoms with Gasteiger partial charge in [-0.1, -0.05) is 17.7 Å². The number of aryl methyl sites for hydroxylation is 1. The van der Waals surface area contributed by atoms with Gasteiger partial charge in [-0.15, -0.1) is 0 Å². The van der Waals surface area contributed by atoms with Crippen LogP contribution in [-0.4, -0.2) is 53.2 Å². The van der Waals surface area contributed by atoms with E-state index in [4.69, 9.17) is 32.6 Å². The molecule has 2 aliphatic rings. The van der Waals surface area contributed by atoms with E-state index in [9.17, 15) is 9.50 Å². The minimum atomic E-state index is -0.578. The number of primary amides is 1. The molecular formula is C25H32ClFN6O2. The molecule has 1 aromatic carbocycles. The van der Waals surface area contributed by atoms with Gasteiger partial charge in [-0.3, -0.25) is 20.2 Å². The Kier molecular flexibility index (Phi) is 8.58. The number of rotatable bonds is 8. The van der Waals surface area contributed by atoms with Crippen LogP contribution in [0.3, 0.4) is 0 Å². The summed E-state index contributed by atoms with van der Waals surface area (Å²) in [6, 6.07) is 5.13. The number of aliphatic hydroxyl groups is 1. The Hall–Kier alpha value is -2.88. The fourth-order valence-electron chi connectivity index (χ4n) is 5.40. The number of nitrogens with one attached hydrogen (secondary N) is 3. The van der Waals surface area contributed by atoms with Gasteiger partial charge in [-0.2, -0.15) is 0 Å². The van der Waals surface area contributed by atoms with Gasteiger partial charge in [0.1, 0.15) is 11.3 Å². The molecule has 1 saturated carbocycles. The summed E-state index contributed by atoms with van der Waals surface area (Å²) in [5, 5.41) is 34.2. The van der Waals surface area contributed by atoms with Crippen molar-refractivity contribution in [1.29, 1.82) is 16.2 Å². The molecular weight excluding hydrogens is 471 g/mol. The highest BCUT2D eigenvalue weighted by atomic mass is 35.5. The Bertz CT molecular complexity index is 1150. The Labute approximate surface area is 209 Å². The van der Waals surface area contributed by atoms with Crippen LogP contribution in [0.4, 0.5) is 4.39 Å². The average molecular weight is 503 g/mol. The van der Waals surface area contributed by atoms with Gasteiger partial charge in [-0.25, -0.2) is 4.39 Å². The number of halogens is 2. The Morgan fingerprint density at radius 1 is 1.34 bits per heavy atom. The first kappa shape index (κ1) is 26.7. The summed E-state index contributed by atoms with van der Waals surface area (Å²) in [5.41, 5.74) is 7.43. The number of aromatic nitrogens is 1. The summed E-state index contributed by atoms with van der Waals surface area (Å²) >= 11 is 6.17. The maximum Gasteiger partial charge on any atom is 0.204 e. The zero-order valence-corrected chi connectivity index (χ0v) is 20.5. The third-order valence-corrected chi connectivity index (χ3v) is 7.52. The average Bonchev–Trinajstić information content (AvgIpc) is 2.77. The van der Waals surface area contributed by atoms with Crippen LogP contribution in [0.2, 0.25) is 5.02 Å². The van der Waals surface area contributed by atoms with E-state index in [0.717, 1.165) is 66.5 Å². The predicted octanol–water partition coefficient (Wildman–Crippen LogP) is 3.00. The van der Waals surface area contributed by atoms with Crippen molar-refractivity contribution < 1.29 is 14.3 Å². The summed E-state index contributed by atoms with van der Waals surface area (Å²) in [5.74, 6) is -0.173. The van der Waals surface area contributed by atoms with E-state index in [1.165, 1.54) is 18.5 Å². The van der Waals surface area contributed by atoms with Crippen molar-refractivity contribution in [1.82, 2.24) is 9.47 Å². The lowest BCUT2D eigenvalue weighted by Crippen LogP contribution is -2.62. The molecule has 6 N–H and O–H groups in total. The molecule has 1 spiro atoms. The summed E-state index contributed by atoms with van der Waals surface area (Å²) in [7, 11) is 0. The van der Waals surface area contributed by atoms with Crippen molar-refractivity contribution in [3.8, 4) is 0 Å². The van der Waals surface area contributed by atoms with E-state index in [2.05, 4.69) is 10.6 Å². The number of likely N-dealkylation sites (tertiary alicyclic amines) is 1. The minimum absolute atomic E-state index is 0.112. The minimum Gasteiger partial charge on any atom is -0.388 e. The lowest BCUT2D eigenvalue weighted by Gasteiger charge is -2.60. The van der Waals surface area contributed by atoms with E-state index < -0.39 is 6.10 Å². The number of amides is 1. The molecule has 2 fully saturated rings. The molecule has 2 heterocycles. The monoisotopic (exact) mass is 502 g/mol. The van der Waals surface area contributed by atoms with Crippen molar-refractivity contribution in [2.45, 2.75) is 38.7 Å². The molecule has 1 saturated heterocycles. The predicted molar refractivity (Wildman–Crippen MR) is 134 cm³/mol. The molecule has 1 aromatic heterocycles. The molecule has 10 heteroatoms. The zero-order chi connectivity index (χ0) is 25.8. The van der Waals surface area contributed by atoms with Crippen LogP contribution in [0.5, 0.6) is 0 Å². The molecule has 1 amide bonds. The van der Waals surface area contributed by atoms with Crippen LogP contribution < -0.4 is 11.2 Å². The van der Waals surface area contributed by atoms with Gasteiger partial charge in [0.05, 0.1) is 12.4 Å². The van der Waals surface area contributed by atoms with Crippen LogP contribution >= 0.6 is 11.6 Å². The maximum absolute atomic E-state index is 14.1. The van der Waals surface area contributed by atoms with E-state index in [-0.39, 0.29) is 29.0 Å². The van der Waals surface area contributed by atoms with Gasteiger partial charge in [0.25, 0.3) is 0 Å². The van der Waals surface area contributed by atoms with Crippen molar-refractivity contribution in [3.63, 3.8) is 0 Å². The van der Waals surface area contributed by atoms with Crippen molar-refractivity contribution in [2.75, 3.05) is 19.6 Å². The highest BCUT2D eigenvalue weighted by molar-refractivity contribution is 6.31. The third kappa shape index (κ3) is 5.69. The molecule has 1 aliphatic heterocycles. The molecule has 1 unspecified atom stereocenters. The van der Waals surface area contributed by atoms with Crippen LogP contribution in [0.1, 0.15) is 47.6 Å². The lowest BCUT2D eigenvalue weighted by molar-refractivity contribution is -0.126. The number of nitrogens with two attached hydrogens (primary N) is 1. The van der Waals surface area contributed by atoms with Crippen LogP contribution in [0.25, 0.3) is 0 Å². The normalized spacial score (nSPS) is 17.5. The second-order valence-electron chi connectivity index (χ2n) is 9.45. The number of benzene rings is 1.